The average molecular weight is 992 g/mol. The number of methoxy groups -OCH3 is 1. The van der Waals surface area contributed by atoms with Gasteiger partial charge in [0.15, 0.2) is 0 Å². The van der Waals surface area contributed by atoms with Gasteiger partial charge in [0.25, 0.3) is 5.91 Å². The fourth-order valence-corrected chi connectivity index (χ4v) is 11.3. The van der Waals surface area contributed by atoms with Crippen molar-refractivity contribution in [3.63, 3.8) is 0 Å². The third-order valence-corrected chi connectivity index (χ3v) is 14.8. The number of carbonyl (C=O) groups excluding carboxylic acids is 5. The van der Waals surface area contributed by atoms with Crippen molar-refractivity contribution < 1.29 is 51.4 Å². The van der Waals surface area contributed by atoms with Gasteiger partial charge in [-0.25, -0.2) is 10.2 Å². The van der Waals surface area contributed by atoms with Crippen molar-refractivity contribution in [2.45, 2.75) is 115 Å². The van der Waals surface area contributed by atoms with Crippen LogP contribution in [0.15, 0.2) is 49.2 Å². The van der Waals surface area contributed by atoms with Gasteiger partial charge in [0, 0.05) is 75.0 Å². The number of hydrogen-bond acceptors (Lipinski definition) is 11. The number of alkyl halides is 3. The van der Waals surface area contributed by atoms with E-state index in [0.717, 1.165) is 5.56 Å². The zero-order valence-electron chi connectivity index (χ0n) is 41.8. The Hall–Kier alpha value is -5.57. The molecule has 2 aromatic heterocycles. The van der Waals surface area contributed by atoms with E-state index in [4.69, 9.17) is 14.2 Å². The molecule has 17 nitrogen and oxygen atoms in total. The van der Waals surface area contributed by atoms with Crippen molar-refractivity contribution in [2.24, 2.45) is 11.3 Å². The van der Waals surface area contributed by atoms with Gasteiger partial charge in [-0.05, 0) is 92.5 Å². The number of halogens is 3. The fraction of sp³-hybridized carbons (Fsp3) is 0.608. The van der Waals surface area contributed by atoms with E-state index in [1.165, 1.54) is 27.7 Å². The molecular formula is C51H68F3N9O8. The van der Waals surface area contributed by atoms with Crippen LogP contribution in [0.25, 0.3) is 22.2 Å². The van der Waals surface area contributed by atoms with Crippen LogP contribution in [0.2, 0.25) is 0 Å². The van der Waals surface area contributed by atoms with Crippen molar-refractivity contribution in [1.82, 2.24) is 44.9 Å². The number of morpholine rings is 1. The first-order valence-electron chi connectivity index (χ1n) is 24.7. The third kappa shape index (κ3) is 11.0. The van der Waals surface area contributed by atoms with Gasteiger partial charge in [-0.1, -0.05) is 40.3 Å². The number of fused-ring (bicyclic) bond motifs is 7. The van der Waals surface area contributed by atoms with Crippen LogP contribution in [0.5, 0.6) is 0 Å². The van der Waals surface area contributed by atoms with Crippen molar-refractivity contribution in [3.8, 4) is 11.3 Å². The number of ether oxygens (including phenoxy) is 3. The maximum Gasteiger partial charge on any atom is 0.406 e. The van der Waals surface area contributed by atoms with Crippen LogP contribution < -0.4 is 10.7 Å². The second kappa shape index (κ2) is 20.9. The maximum absolute atomic E-state index is 14.7. The molecule has 4 saturated heterocycles. The number of benzene rings is 1. The molecule has 4 fully saturated rings. The first kappa shape index (κ1) is 51.8. The first-order valence-corrected chi connectivity index (χ1v) is 24.7. The monoisotopic (exact) mass is 992 g/mol. The smallest absolute Gasteiger partial charge is 0.406 e. The number of pyridine rings is 1. The molecule has 0 radical (unpaired) electrons. The van der Waals surface area contributed by atoms with Gasteiger partial charge >= 0.3 is 18.2 Å². The molecule has 7 heterocycles. The van der Waals surface area contributed by atoms with E-state index < -0.39 is 72.3 Å². The molecule has 8 atom stereocenters. The first-order chi connectivity index (χ1) is 33.7. The third-order valence-electron chi connectivity index (χ3n) is 14.8. The lowest BCUT2D eigenvalue weighted by molar-refractivity contribution is -0.155. The molecule has 3 aromatic rings. The summed E-state index contributed by atoms with van der Waals surface area (Å²) in [6.07, 6.45) is -0.895. The molecule has 20 heteroatoms. The van der Waals surface area contributed by atoms with Gasteiger partial charge in [-0.2, -0.15) is 13.2 Å². The van der Waals surface area contributed by atoms with Crippen LogP contribution in [0.3, 0.4) is 0 Å². The summed E-state index contributed by atoms with van der Waals surface area (Å²) in [4.78, 5) is 81.5. The number of cyclic esters (lactones) is 1. The lowest BCUT2D eigenvalue weighted by Gasteiger charge is -2.38. The van der Waals surface area contributed by atoms with Gasteiger partial charge in [0.05, 0.1) is 49.4 Å². The van der Waals surface area contributed by atoms with Gasteiger partial charge in [-0.15, -0.1) is 0 Å². The second-order valence-electron chi connectivity index (χ2n) is 20.9. The number of nitrogens with zero attached hydrogens (tertiary/aromatic N) is 7. The molecular weight excluding hydrogens is 924 g/mol. The van der Waals surface area contributed by atoms with Crippen LogP contribution in [-0.2, 0) is 46.4 Å². The van der Waals surface area contributed by atoms with E-state index in [1.807, 2.05) is 39.8 Å². The Morgan fingerprint density at radius 2 is 1.85 bits per heavy atom. The molecule has 0 aliphatic carbocycles. The zero-order chi connectivity index (χ0) is 51.1. The zero-order valence-corrected chi connectivity index (χ0v) is 41.8. The Morgan fingerprint density at radius 3 is 2.56 bits per heavy atom. The molecule has 6 bridgehead atoms. The van der Waals surface area contributed by atoms with Crippen LogP contribution >= 0.6 is 0 Å². The lowest BCUT2D eigenvalue weighted by atomic mass is 9.84. The number of esters is 1. The SMILES string of the molecule is C=CC(=O)N1CCO[C@H]2CN(C(=O)N(C)[C@H](C(=O)N[C@H]3CN4CC[C@H](C4)c4ccc5c(c4)c(c(-c4cccnc4[C@H](C)OC)n5CC(F)(F)F)CC(C)(C)COC(=O)[C@@H]4CCCN(N4)C3=O)C(C)C)C[C@H]21. The Labute approximate surface area is 412 Å². The standard InChI is InChI=1S/C51H68F3N9O8/c1-9-42(64)61-20-21-70-41-27-60(26-40(41)61)49(68)58(7)44(30(2)3)46(65)56-38-25-59-19-16-33(24-59)32-14-15-39-35(22-32)36(23-50(5,6)29-71-48(67)37-13-11-18-63(57-37)47(38)66)45(62(39)28-51(52,53)54)34-12-10-17-55-43(34)31(4)69-8/h9-10,12,14-15,17,22,30-31,33,37-38,40-41,44,57H,1,11,13,16,18-21,23-29H2,2-8H3,(H,56,65)/t31-,33+,37-,38-,40+,41-,44-/m0/s1. The minimum Gasteiger partial charge on any atom is -0.464 e. The number of hydrogen-bond donors (Lipinski definition) is 2. The molecule has 1 unspecified atom stereocenters. The van der Waals surface area contributed by atoms with Crippen molar-refractivity contribution in [2.75, 3.05) is 73.2 Å². The van der Waals surface area contributed by atoms with Crippen LogP contribution in [0.4, 0.5) is 18.0 Å². The molecule has 8 rings (SSSR count). The number of aromatic nitrogens is 2. The number of likely N-dealkylation sites (tertiary alicyclic amines) is 1. The van der Waals surface area contributed by atoms with E-state index in [0.29, 0.717) is 78.9 Å². The summed E-state index contributed by atoms with van der Waals surface area (Å²) in [6.45, 7) is 14.1. The average Bonchev–Trinajstić information content (AvgIpc) is 4.07. The molecule has 2 N–H and O–H groups in total. The largest absolute Gasteiger partial charge is 0.464 e. The summed E-state index contributed by atoms with van der Waals surface area (Å²) in [7, 11) is 3.08. The normalized spacial score (nSPS) is 25.9. The Bertz CT molecular complexity index is 2520. The van der Waals surface area contributed by atoms with Crippen molar-refractivity contribution in [3.05, 3.63) is 66.0 Å². The van der Waals surface area contributed by atoms with E-state index >= 15 is 0 Å². The minimum atomic E-state index is -4.57. The number of carbonyl (C=O) groups is 5. The molecule has 71 heavy (non-hydrogen) atoms. The molecule has 5 aliphatic rings. The molecule has 5 amide bonds. The number of amides is 5. The summed E-state index contributed by atoms with van der Waals surface area (Å²) in [5.41, 5.74) is 5.66. The predicted molar refractivity (Wildman–Crippen MR) is 257 cm³/mol. The van der Waals surface area contributed by atoms with Crippen LogP contribution in [0, 0.1) is 11.3 Å². The highest BCUT2D eigenvalue weighted by Gasteiger charge is 2.46. The number of nitrogens with one attached hydrogen (secondary N) is 2. The highest BCUT2D eigenvalue weighted by Crippen LogP contribution is 2.43. The van der Waals surface area contributed by atoms with Crippen molar-refractivity contribution in [1.29, 1.82) is 0 Å². The Balaban J connectivity index is 1.13. The fourth-order valence-electron chi connectivity index (χ4n) is 11.3. The molecule has 0 saturated carbocycles. The van der Waals surface area contributed by atoms with Gasteiger partial charge < -0.3 is 43.7 Å². The van der Waals surface area contributed by atoms with E-state index in [2.05, 4.69) is 27.2 Å². The lowest BCUT2D eigenvalue weighted by Crippen LogP contribution is -2.63. The predicted octanol–water partition coefficient (Wildman–Crippen LogP) is 5.04. The van der Waals surface area contributed by atoms with Gasteiger partial charge in [0.2, 0.25) is 11.8 Å². The topological polar surface area (TPSA) is 171 Å². The Kier molecular flexibility index (Phi) is 15.2. The molecule has 0 spiro atoms. The minimum absolute atomic E-state index is 0.0704. The molecule has 5 aliphatic heterocycles. The summed E-state index contributed by atoms with van der Waals surface area (Å²) in [6, 6.07) is 5.31. The Morgan fingerprint density at radius 1 is 1.07 bits per heavy atom. The van der Waals surface area contributed by atoms with E-state index in [1.54, 1.807) is 48.2 Å². The molecule has 386 valence electrons. The maximum atomic E-state index is 14.7. The highest BCUT2D eigenvalue weighted by atomic mass is 19.4. The van der Waals surface area contributed by atoms with Gasteiger partial charge in [-0.3, -0.25) is 29.2 Å². The van der Waals surface area contributed by atoms with Crippen LogP contribution in [-0.4, -0.2) is 174 Å². The van der Waals surface area contributed by atoms with Crippen molar-refractivity contribution >= 4 is 40.6 Å². The summed E-state index contributed by atoms with van der Waals surface area (Å²) in [5.74, 6) is -2.27. The summed E-state index contributed by atoms with van der Waals surface area (Å²) >= 11 is 0. The van der Waals surface area contributed by atoms with Crippen LogP contribution in [0.1, 0.15) is 82.7 Å². The van der Waals surface area contributed by atoms with Gasteiger partial charge in [0.1, 0.15) is 24.7 Å². The number of likely N-dealkylation sites (N-methyl/N-ethyl adjacent to an activating group) is 1. The van der Waals surface area contributed by atoms with E-state index in [9.17, 15) is 37.1 Å². The van der Waals surface area contributed by atoms with E-state index in [-0.39, 0.29) is 63.0 Å². The highest BCUT2D eigenvalue weighted by molar-refractivity contribution is 5.94. The number of urea groups is 1. The summed E-state index contributed by atoms with van der Waals surface area (Å²) in [5, 5.41) is 5.05. The quantitative estimate of drug-likeness (QED) is 0.218. The number of rotatable bonds is 9. The number of hydrazine groups is 1. The molecule has 1 aromatic carbocycles. The second-order valence-corrected chi connectivity index (χ2v) is 20.9. The summed E-state index contributed by atoms with van der Waals surface area (Å²) < 4.78 is 63.1.